The number of rotatable bonds is 7. The Morgan fingerprint density at radius 2 is 1.88 bits per heavy atom. The Morgan fingerprint density at radius 1 is 1.29 bits per heavy atom. The van der Waals surface area contributed by atoms with Crippen molar-refractivity contribution >= 4 is 9.84 Å². The Balaban J connectivity index is 2.38. The molecule has 2 atom stereocenters. The Morgan fingerprint density at radius 3 is 2.29 bits per heavy atom. The Labute approximate surface area is 102 Å². The summed E-state index contributed by atoms with van der Waals surface area (Å²) >= 11 is 0. The third-order valence-corrected chi connectivity index (χ3v) is 4.29. The van der Waals surface area contributed by atoms with Crippen molar-refractivity contribution in [3.63, 3.8) is 0 Å². The van der Waals surface area contributed by atoms with E-state index in [0.29, 0.717) is 19.8 Å². The van der Waals surface area contributed by atoms with Crippen LogP contribution in [0.2, 0.25) is 0 Å². The summed E-state index contributed by atoms with van der Waals surface area (Å²) in [5.74, 6) is -0.197. The van der Waals surface area contributed by atoms with Crippen molar-refractivity contribution in [2.45, 2.75) is 32.3 Å². The second kappa shape index (κ2) is 6.65. The number of aliphatic hydroxyl groups is 1. The van der Waals surface area contributed by atoms with Crippen molar-refractivity contribution < 1.29 is 23.0 Å². The topological polar surface area (TPSA) is 84.9 Å². The van der Waals surface area contributed by atoms with Crippen LogP contribution < -0.4 is 5.32 Å². The van der Waals surface area contributed by atoms with Crippen molar-refractivity contribution in [1.29, 1.82) is 0 Å². The van der Waals surface area contributed by atoms with Crippen LogP contribution in [-0.4, -0.2) is 63.2 Å². The normalized spacial score (nSPS) is 27.8. The van der Waals surface area contributed by atoms with Gasteiger partial charge in [-0.25, -0.2) is 8.42 Å². The molecule has 1 aliphatic rings. The lowest BCUT2D eigenvalue weighted by Crippen LogP contribution is -2.44. The van der Waals surface area contributed by atoms with Crippen molar-refractivity contribution in [3.8, 4) is 0 Å². The smallest absolute Gasteiger partial charge is 0.169 e. The van der Waals surface area contributed by atoms with Gasteiger partial charge >= 0.3 is 0 Å². The van der Waals surface area contributed by atoms with Crippen LogP contribution in [0.1, 0.15) is 13.8 Å². The highest BCUT2D eigenvalue weighted by Gasteiger charge is 2.36. The van der Waals surface area contributed by atoms with Gasteiger partial charge in [0.1, 0.15) is 0 Å². The molecule has 0 saturated carbocycles. The standard InChI is InChI=1S/C10H21NO5S/c1-3-15-10(16-4-2)5-11-8-6-17(13,14)7-9(8)12/h8-12H,3-7H2,1-2H3/t8-,9-/m1/s1. The maximum absolute atomic E-state index is 11.3. The average Bonchev–Trinajstić information content (AvgIpc) is 2.49. The number of hydrogen-bond donors (Lipinski definition) is 2. The minimum absolute atomic E-state index is 0.0286. The van der Waals surface area contributed by atoms with E-state index in [4.69, 9.17) is 9.47 Å². The fourth-order valence-electron chi connectivity index (χ4n) is 1.81. The third kappa shape index (κ3) is 4.89. The first kappa shape index (κ1) is 14.8. The molecule has 102 valence electrons. The summed E-state index contributed by atoms with van der Waals surface area (Å²) in [5.41, 5.74) is 0. The Hall–Kier alpha value is -0.210. The maximum Gasteiger partial charge on any atom is 0.169 e. The van der Waals surface area contributed by atoms with E-state index in [2.05, 4.69) is 5.32 Å². The van der Waals surface area contributed by atoms with Crippen LogP contribution in [0.25, 0.3) is 0 Å². The second-order valence-electron chi connectivity index (χ2n) is 4.00. The monoisotopic (exact) mass is 267 g/mol. The van der Waals surface area contributed by atoms with Gasteiger partial charge in [-0.05, 0) is 13.8 Å². The van der Waals surface area contributed by atoms with Gasteiger partial charge in [0.15, 0.2) is 16.1 Å². The van der Waals surface area contributed by atoms with E-state index in [-0.39, 0.29) is 11.5 Å². The van der Waals surface area contributed by atoms with Crippen LogP contribution in [-0.2, 0) is 19.3 Å². The van der Waals surface area contributed by atoms with Crippen molar-refractivity contribution in [2.75, 3.05) is 31.3 Å². The molecule has 0 aromatic rings. The van der Waals surface area contributed by atoms with Crippen LogP contribution in [0.15, 0.2) is 0 Å². The van der Waals surface area contributed by atoms with Gasteiger partial charge in [0.05, 0.1) is 17.6 Å². The SMILES string of the molecule is CCOC(CN[C@@H]1CS(=O)(=O)C[C@H]1O)OCC. The molecule has 0 amide bonds. The zero-order valence-electron chi connectivity index (χ0n) is 10.3. The largest absolute Gasteiger partial charge is 0.390 e. The van der Waals surface area contributed by atoms with E-state index >= 15 is 0 Å². The van der Waals surface area contributed by atoms with Crippen LogP contribution >= 0.6 is 0 Å². The van der Waals surface area contributed by atoms with Gasteiger partial charge < -0.3 is 19.9 Å². The highest BCUT2D eigenvalue weighted by atomic mass is 32.2. The lowest BCUT2D eigenvalue weighted by atomic mass is 10.2. The number of sulfone groups is 1. The summed E-state index contributed by atoms with van der Waals surface area (Å²) < 4.78 is 33.2. The van der Waals surface area contributed by atoms with Crippen LogP contribution in [0.3, 0.4) is 0 Å². The van der Waals surface area contributed by atoms with Crippen molar-refractivity contribution in [1.82, 2.24) is 5.32 Å². The first-order valence-electron chi connectivity index (χ1n) is 5.83. The number of ether oxygens (including phenoxy) is 2. The summed E-state index contributed by atoms with van der Waals surface area (Å²) in [6, 6.07) is -0.427. The van der Waals surface area contributed by atoms with Gasteiger partial charge in [0, 0.05) is 25.8 Å². The van der Waals surface area contributed by atoms with Crippen molar-refractivity contribution in [3.05, 3.63) is 0 Å². The lowest BCUT2D eigenvalue weighted by Gasteiger charge is -2.21. The van der Waals surface area contributed by atoms with E-state index in [1.54, 1.807) is 0 Å². The van der Waals surface area contributed by atoms with Gasteiger partial charge in [-0.15, -0.1) is 0 Å². The van der Waals surface area contributed by atoms with E-state index in [9.17, 15) is 13.5 Å². The zero-order valence-corrected chi connectivity index (χ0v) is 11.1. The predicted molar refractivity (Wildman–Crippen MR) is 63.5 cm³/mol. The van der Waals surface area contributed by atoms with E-state index in [0.717, 1.165) is 0 Å². The molecule has 1 saturated heterocycles. The molecule has 0 radical (unpaired) electrons. The molecule has 0 aromatic heterocycles. The first-order chi connectivity index (χ1) is 7.98. The molecule has 0 spiro atoms. The van der Waals surface area contributed by atoms with Gasteiger partial charge in [-0.3, -0.25) is 0 Å². The highest BCUT2D eigenvalue weighted by molar-refractivity contribution is 7.91. The molecule has 1 rings (SSSR count). The molecule has 6 nitrogen and oxygen atoms in total. The average molecular weight is 267 g/mol. The maximum atomic E-state index is 11.3. The molecule has 0 aromatic carbocycles. The second-order valence-corrected chi connectivity index (χ2v) is 6.15. The van der Waals surface area contributed by atoms with Crippen molar-refractivity contribution in [2.24, 2.45) is 0 Å². The van der Waals surface area contributed by atoms with Gasteiger partial charge in [-0.1, -0.05) is 0 Å². The molecule has 0 bridgehead atoms. The fraction of sp³-hybridized carbons (Fsp3) is 1.00. The predicted octanol–water partition coefficient (Wildman–Crippen LogP) is -0.867. The quantitative estimate of drug-likeness (QED) is 0.584. The third-order valence-electron chi connectivity index (χ3n) is 2.57. The summed E-state index contributed by atoms with van der Waals surface area (Å²) in [4.78, 5) is 0. The molecule has 1 fully saturated rings. The molecular formula is C10H21NO5S. The van der Waals surface area contributed by atoms with E-state index < -0.39 is 28.3 Å². The molecule has 1 heterocycles. The lowest BCUT2D eigenvalue weighted by molar-refractivity contribution is -0.134. The first-order valence-corrected chi connectivity index (χ1v) is 7.65. The van der Waals surface area contributed by atoms with Gasteiger partial charge in [0.25, 0.3) is 0 Å². The Kier molecular flexibility index (Phi) is 5.81. The number of aliphatic hydroxyl groups excluding tert-OH is 1. The van der Waals surface area contributed by atoms with Gasteiger partial charge in [-0.2, -0.15) is 0 Å². The Bertz CT molecular complexity index is 313. The molecule has 7 heteroatoms. The molecule has 0 unspecified atom stereocenters. The van der Waals surface area contributed by atoms with Gasteiger partial charge in [0.2, 0.25) is 0 Å². The zero-order chi connectivity index (χ0) is 12.9. The van der Waals surface area contributed by atoms with Crippen LogP contribution in [0.5, 0.6) is 0 Å². The number of hydrogen-bond acceptors (Lipinski definition) is 6. The molecule has 1 aliphatic heterocycles. The minimum atomic E-state index is -3.11. The van der Waals surface area contributed by atoms with Crippen LogP contribution in [0, 0.1) is 0 Å². The minimum Gasteiger partial charge on any atom is -0.390 e. The summed E-state index contributed by atoms with van der Waals surface area (Å²) in [6.07, 6.45) is -1.25. The van der Waals surface area contributed by atoms with E-state index in [1.165, 1.54) is 0 Å². The summed E-state index contributed by atoms with van der Waals surface area (Å²) in [6.45, 7) is 5.15. The summed E-state index contributed by atoms with van der Waals surface area (Å²) in [7, 11) is -3.11. The highest BCUT2D eigenvalue weighted by Crippen LogP contribution is 2.12. The molecule has 0 aliphatic carbocycles. The molecule has 2 N–H and O–H groups in total. The van der Waals surface area contributed by atoms with Crippen LogP contribution in [0.4, 0.5) is 0 Å². The molecular weight excluding hydrogens is 246 g/mol. The van der Waals surface area contributed by atoms with E-state index in [1.807, 2.05) is 13.8 Å². The molecule has 17 heavy (non-hydrogen) atoms. The fourth-order valence-corrected chi connectivity index (χ4v) is 3.59. The summed E-state index contributed by atoms with van der Waals surface area (Å²) in [5, 5.41) is 12.6. The number of nitrogens with one attached hydrogen (secondary N) is 1.